The summed E-state index contributed by atoms with van der Waals surface area (Å²) in [5, 5.41) is 11.3. The van der Waals surface area contributed by atoms with Gasteiger partial charge in [-0.2, -0.15) is 0 Å². The number of carbonyl (C=O) groups excluding carboxylic acids is 1. The van der Waals surface area contributed by atoms with Gasteiger partial charge >= 0.3 is 0 Å². The zero-order valence-electron chi connectivity index (χ0n) is 14.5. The molecule has 0 spiro atoms. The van der Waals surface area contributed by atoms with E-state index >= 15 is 0 Å². The van der Waals surface area contributed by atoms with E-state index in [0.29, 0.717) is 18.2 Å². The zero-order chi connectivity index (χ0) is 18.1. The molecule has 0 saturated carbocycles. The summed E-state index contributed by atoms with van der Waals surface area (Å²) in [7, 11) is 0. The number of nitrogens with one attached hydrogen (secondary N) is 1. The van der Waals surface area contributed by atoms with Crippen molar-refractivity contribution in [2.24, 2.45) is 5.73 Å². The lowest BCUT2D eigenvalue weighted by molar-refractivity contribution is -0.116. The van der Waals surface area contributed by atoms with Crippen molar-refractivity contribution in [3.63, 3.8) is 0 Å². The Hall–Kier alpha value is -2.99. The van der Waals surface area contributed by atoms with Gasteiger partial charge in [0.1, 0.15) is 0 Å². The summed E-state index contributed by atoms with van der Waals surface area (Å²) in [5.74, 6) is 0.480. The van der Waals surface area contributed by atoms with E-state index in [4.69, 9.17) is 10.2 Å². The molecule has 4 rings (SSSR count). The average Bonchev–Trinajstić information content (AvgIpc) is 3.12. The molecule has 0 bridgehead atoms. The van der Waals surface area contributed by atoms with Gasteiger partial charge in [-0.15, -0.1) is 10.2 Å². The molecule has 6 heteroatoms. The van der Waals surface area contributed by atoms with Crippen LogP contribution in [0.25, 0.3) is 0 Å². The standard InChI is InChI=1S/C20H20N4O2/c1-20(21,12-13-7-3-2-4-8-13)19-24-23-18(26-19)15-11-17(25)22-16-10-6-5-9-14(15)16/h2-10,15H,11-12,21H2,1H3,(H,22,25)/t15?,20-/m0/s1. The van der Waals surface area contributed by atoms with Crippen LogP contribution in [-0.4, -0.2) is 16.1 Å². The monoisotopic (exact) mass is 348 g/mol. The molecule has 1 unspecified atom stereocenters. The Morgan fingerprint density at radius 3 is 2.69 bits per heavy atom. The van der Waals surface area contributed by atoms with Gasteiger partial charge in [-0.25, -0.2) is 0 Å². The van der Waals surface area contributed by atoms with E-state index < -0.39 is 5.54 Å². The van der Waals surface area contributed by atoms with Crippen LogP contribution in [0.1, 0.15) is 42.2 Å². The summed E-state index contributed by atoms with van der Waals surface area (Å²) in [4.78, 5) is 12.0. The number of anilines is 1. The lowest BCUT2D eigenvalue weighted by atomic mass is 9.90. The topological polar surface area (TPSA) is 94.0 Å². The third-order valence-corrected chi connectivity index (χ3v) is 4.64. The molecule has 0 aliphatic carbocycles. The van der Waals surface area contributed by atoms with Crippen LogP contribution in [0.3, 0.4) is 0 Å². The molecule has 0 saturated heterocycles. The molecule has 1 aliphatic heterocycles. The summed E-state index contributed by atoms with van der Waals surface area (Å²) in [6.07, 6.45) is 0.857. The van der Waals surface area contributed by atoms with Gasteiger partial charge in [0.05, 0.1) is 11.5 Å². The number of hydrogen-bond acceptors (Lipinski definition) is 5. The van der Waals surface area contributed by atoms with Crippen molar-refractivity contribution >= 4 is 11.6 Å². The van der Waals surface area contributed by atoms with Crippen molar-refractivity contribution in [3.05, 3.63) is 77.5 Å². The number of nitrogens with zero attached hydrogens (tertiary/aromatic N) is 2. The highest BCUT2D eigenvalue weighted by Gasteiger charge is 2.33. The van der Waals surface area contributed by atoms with Crippen LogP contribution in [0.5, 0.6) is 0 Å². The second kappa shape index (κ2) is 6.38. The third-order valence-electron chi connectivity index (χ3n) is 4.64. The molecule has 3 N–H and O–H groups in total. The highest BCUT2D eigenvalue weighted by Crippen LogP contribution is 2.37. The van der Waals surface area contributed by atoms with Crippen LogP contribution >= 0.6 is 0 Å². The molecule has 1 aliphatic rings. The molecule has 1 aromatic heterocycles. The van der Waals surface area contributed by atoms with Gasteiger partial charge < -0.3 is 15.5 Å². The normalized spacial score (nSPS) is 18.7. The fourth-order valence-electron chi connectivity index (χ4n) is 3.33. The van der Waals surface area contributed by atoms with Gasteiger partial charge in [-0.3, -0.25) is 4.79 Å². The van der Waals surface area contributed by atoms with E-state index in [0.717, 1.165) is 16.8 Å². The molecule has 6 nitrogen and oxygen atoms in total. The second-order valence-electron chi connectivity index (χ2n) is 6.92. The summed E-state index contributed by atoms with van der Waals surface area (Å²) in [5.41, 5.74) is 8.53. The Kier molecular flexibility index (Phi) is 4.05. The Bertz CT molecular complexity index is 934. The molecule has 3 aromatic rings. The van der Waals surface area contributed by atoms with Crippen molar-refractivity contribution in [2.75, 3.05) is 5.32 Å². The van der Waals surface area contributed by atoms with Gasteiger partial charge in [-0.05, 0) is 30.5 Å². The number of rotatable bonds is 4. The SMILES string of the molecule is C[C@](N)(Cc1ccccc1)c1nnc(C2CC(=O)Nc3ccccc32)o1. The number of para-hydroxylation sites is 1. The second-order valence-corrected chi connectivity index (χ2v) is 6.92. The van der Waals surface area contributed by atoms with Crippen LogP contribution < -0.4 is 11.1 Å². The first-order valence-electron chi connectivity index (χ1n) is 8.58. The first-order valence-corrected chi connectivity index (χ1v) is 8.58. The lowest BCUT2D eigenvalue weighted by Crippen LogP contribution is -2.36. The predicted molar refractivity (Wildman–Crippen MR) is 97.5 cm³/mol. The largest absolute Gasteiger partial charge is 0.423 e. The molecule has 26 heavy (non-hydrogen) atoms. The van der Waals surface area contributed by atoms with Crippen molar-refractivity contribution in [2.45, 2.75) is 31.2 Å². The number of aromatic nitrogens is 2. The minimum atomic E-state index is -0.789. The van der Waals surface area contributed by atoms with E-state index in [2.05, 4.69) is 15.5 Å². The molecular weight excluding hydrogens is 328 g/mol. The fourth-order valence-corrected chi connectivity index (χ4v) is 3.33. The minimum absolute atomic E-state index is 0.0618. The average molecular weight is 348 g/mol. The van der Waals surface area contributed by atoms with E-state index in [-0.39, 0.29) is 18.2 Å². The van der Waals surface area contributed by atoms with Crippen molar-refractivity contribution in [3.8, 4) is 0 Å². The molecular formula is C20H20N4O2. The minimum Gasteiger partial charge on any atom is -0.423 e. The third kappa shape index (κ3) is 3.11. The first kappa shape index (κ1) is 16.5. The molecule has 1 amide bonds. The summed E-state index contributed by atoms with van der Waals surface area (Å²) in [6, 6.07) is 17.6. The highest BCUT2D eigenvalue weighted by atomic mass is 16.4. The summed E-state index contributed by atoms with van der Waals surface area (Å²) < 4.78 is 5.94. The number of carbonyl (C=O) groups is 1. The maximum Gasteiger partial charge on any atom is 0.236 e. The smallest absolute Gasteiger partial charge is 0.236 e. The van der Waals surface area contributed by atoms with Crippen LogP contribution in [0.2, 0.25) is 0 Å². The quantitative estimate of drug-likeness (QED) is 0.756. The van der Waals surface area contributed by atoms with Gasteiger partial charge in [-0.1, -0.05) is 48.5 Å². The van der Waals surface area contributed by atoms with Crippen molar-refractivity contribution in [1.29, 1.82) is 0 Å². The number of hydrogen-bond donors (Lipinski definition) is 2. The number of amides is 1. The van der Waals surface area contributed by atoms with Gasteiger partial charge in [0.15, 0.2) is 0 Å². The highest BCUT2D eigenvalue weighted by molar-refractivity contribution is 5.95. The van der Waals surface area contributed by atoms with Crippen LogP contribution in [0, 0.1) is 0 Å². The van der Waals surface area contributed by atoms with Gasteiger partial charge in [0.2, 0.25) is 17.7 Å². The van der Waals surface area contributed by atoms with Crippen molar-refractivity contribution in [1.82, 2.24) is 10.2 Å². The van der Waals surface area contributed by atoms with E-state index in [1.165, 1.54) is 0 Å². The van der Waals surface area contributed by atoms with Gasteiger partial charge in [0, 0.05) is 12.1 Å². The van der Waals surface area contributed by atoms with E-state index in [1.807, 2.05) is 61.5 Å². The summed E-state index contributed by atoms with van der Waals surface area (Å²) in [6.45, 7) is 1.87. The maximum absolute atomic E-state index is 12.0. The Labute approximate surface area is 151 Å². The van der Waals surface area contributed by atoms with E-state index in [9.17, 15) is 4.79 Å². The maximum atomic E-state index is 12.0. The zero-order valence-corrected chi connectivity index (χ0v) is 14.5. The Morgan fingerprint density at radius 2 is 1.88 bits per heavy atom. The molecule has 0 radical (unpaired) electrons. The Balaban J connectivity index is 1.63. The molecule has 2 aromatic carbocycles. The number of nitrogens with two attached hydrogens (primary N) is 1. The van der Waals surface area contributed by atoms with Crippen molar-refractivity contribution < 1.29 is 9.21 Å². The van der Waals surface area contributed by atoms with Crippen LogP contribution in [0.4, 0.5) is 5.69 Å². The lowest BCUT2D eigenvalue weighted by Gasteiger charge is -2.23. The first-order chi connectivity index (χ1) is 12.5. The molecule has 132 valence electrons. The molecule has 2 atom stereocenters. The number of fused-ring (bicyclic) bond motifs is 1. The van der Waals surface area contributed by atoms with Gasteiger partial charge in [0.25, 0.3) is 0 Å². The molecule has 0 fully saturated rings. The molecule has 2 heterocycles. The van der Waals surface area contributed by atoms with E-state index in [1.54, 1.807) is 0 Å². The predicted octanol–water partition coefficient (Wildman–Crippen LogP) is 2.96. The van der Waals surface area contributed by atoms with Crippen LogP contribution in [-0.2, 0) is 16.8 Å². The Morgan fingerprint density at radius 1 is 1.15 bits per heavy atom. The number of benzene rings is 2. The van der Waals surface area contributed by atoms with Crippen LogP contribution in [0.15, 0.2) is 59.0 Å². The fraction of sp³-hybridized carbons (Fsp3) is 0.250. The summed E-state index contributed by atoms with van der Waals surface area (Å²) >= 11 is 0.